The number of fused-ring (bicyclic) bond motifs is 1. The van der Waals surface area contributed by atoms with Crippen molar-refractivity contribution in [2.45, 2.75) is 38.2 Å². The van der Waals surface area contributed by atoms with Crippen molar-refractivity contribution in [2.24, 2.45) is 5.92 Å². The molecule has 0 unspecified atom stereocenters. The number of allylic oxidation sites excluding steroid dienone is 1. The first-order chi connectivity index (χ1) is 7.72. The van der Waals surface area contributed by atoms with Gasteiger partial charge < -0.3 is 5.11 Å². The maximum Gasteiger partial charge on any atom is 0.0891 e. The Morgan fingerprint density at radius 2 is 2.00 bits per heavy atom. The lowest BCUT2D eigenvalue weighted by molar-refractivity contribution is 0.0514. The molecule has 0 aliphatic heterocycles. The molecule has 1 heteroatoms. The Labute approximate surface area is 96.8 Å². The molecule has 0 heterocycles. The number of benzene rings is 1. The molecule has 0 amide bonds. The van der Waals surface area contributed by atoms with Crippen LogP contribution in [0.15, 0.2) is 35.9 Å². The molecule has 16 heavy (non-hydrogen) atoms. The van der Waals surface area contributed by atoms with Crippen molar-refractivity contribution >= 4 is 5.57 Å². The Balaban J connectivity index is 2.04. The van der Waals surface area contributed by atoms with Crippen molar-refractivity contribution in [1.82, 2.24) is 0 Å². The fourth-order valence-corrected chi connectivity index (χ4v) is 3.46. The molecule has 1 saturated carbocycles. The van der Waals surface area contributed by atoms with Gasteiger partial charge in [-0.1, -0.05) is 30.3 Å². The Hall–Kier alpha value is -1.08. The van der Waals surface area contributed by atoms with E-state index in [2.05, 4.69) is 31.2 Å². The highest BCUT2D eigenvalue weighted by Crippen LogP contribution is 2.52. The first-order valence-electron chi connectivity index (χ1n) is 6.20. The second kappa shape index (κ2) is 3.46. The van der Waals surface area contributed by atoms with E-state index in [-0.39, 0.29) is 0 Å². The third-order valence-electron chi connectivity index (χ3n) is 4.46. The lowest BCUT2D eigenvalue weighted by Gasteiger charge is -2.24. The van der Waals surface area contributed by atoms with Gasteiger partial charge in [0.1, 0.15) is 0 Å². The quantitative estimate of drug-likeness (QED) is 0.759. The van der Waals surface area contributed by atoms with E-state index < -0.39 is 5.60 Å². The van der Waals surface area contributed by atoms with Gasteiger partial charge in [-0.3, -0.25) is 0 Å². The largest absolute Gasteiger partial charge is 0.385 e. The minimum Gasteiger partial charge on any atom is -0.385 e. The van der Waals surface area contributed by atoms with Gasteiger partial charge in [-0.05, 0) is 55.2 Å². The van der Waals surface area contributed by atoms with E-state index >= 15 is 0 Å². The van der Waals surface area contributed by atoms with Crippen LogP contribution in [0.4, 0.5) is 0 Å². The molecule has 84 valence electrons. The molecular weight excluding hydrogens is 196 g/mol. The van der Waals surface area contributed by atoms with E-state index in [1.807, 2.05) is 6.07 Å². The molecule has 1 fully saturated rings. The summed E-state index contributed by atoms with van der Waals surface area (Å²) in [5.74, 6) is 0.475. The number of hydrogen-bond acceptors (Lipinski definition) is 1. The summed E-state index contributed by atoms with van der Waals surface area (Å²) in [6.45, 7) is 2.12. The van der Waals surface area contributed by atoms with Crippen LogP contribution >= 0.6 is 0 Å². The van der Waals surface area contributed by atoms with Gasteiger partial charge in [0.2, 0.25) is 0 Å². The number of hydrogen-bond donors (Lipinski definition) is 1. The predicted octanol–water partition coefficient (Wildman–Crippen LogP) is 3.40. The molecule has 0 saturated heterocycles. The molecule has 2 aliphatic rings. The fourth-order valence-electron chi connectivity index (χ4n) is 3.46. The van der Waals surface area contributed by atoms with Crippen LogP contribution < -0.4 is 0 Å². The van der Waals surface area contributed by atoms with E-state index in [0.717, 1.165) is 12.8 Å². The SMILES string of the molecule is CC1=C(c2ccccc2)C[C@H]2CCC[C@@]12O. The van der Waals surface area contributed by atoms with Crippen LogP contribution in [0.25, 0.3) is 5.57 Å². The molecular formula is C15H18O. The highest BCUT2D eigenvalue weighted by Gasteiger charge is 2.48. The minimum absolute atomic E-state index is 0.475. The summed E-state index contributed by atoms with van der Waals surface area (Å²) in [5, 5.41) is 10.7. The monoisotopic (exact) mass is 214 g/mol. The molecule has 1 aromatic carbocycles. The van der Waals surface area contributed by atoms with E-state index in [4.69, 9.17) is 0 Å². The van der Waals surface area contributed by atoms with Gasteiger partial charge in [-0.15, -0.1) is 0 Å². The molecule has 0 aromatic heterocycles. The lowest BCUT2D eigenvalue weighted by Crippen LogP contribution is -2.30. The Kier molecular flexibility index (Phi) is 2.18. The molecule has 0 radical (unpaired) electrons. The average molecular weight is 214 g/mol. The zero-order valence-electron chi connectivity index (χ0n) is 9.74. The lowest BCUT2D eigenvalue weighted by atomic mass is 9.90. The summed E-state index contributed by atoms with van der Waals surface area (Å²) in [5.41, 5.74) is 3.42. The standard InChI is InChI=1S/C15H18O/c1-11-14(12-6-3-2-4-7-12)10-13-8-5-9-15(11,13)16/h2-4,6-7,13,16H,5,8-10H2,1H3/t13-,15-/m1/s1. The third-order valence-corrected chi connectivity index (χ3v) is 4.46. The highest BCUT2D eigenvalue weighted by molar-refractivity contribution is 5.73. The fraction of sp³-hybridized carbons (Fsp3) is 0.467. The van der Waals surface area contributed by atoms with Gasteiger partial charge in [0.25, 0.3) is 0 Å². The van der Waals surface area contributed by atoms with Crippen molar-refractivity contribution in [3.05, 3.63) is 41.5 Å². The first kappa shape index (κ1) is 10.1. The first-order valence-corrected chi connectivity index (χ1v) is 6.20. The van der Waals surface area contributed by atoms with Crippen LogP contribution in [-0.2, 0) is 0 Å². The van der Waals surface area contributed by atoms with Gasteiger partial charge in [-0.2, -0.15) is 0 Å². The topological polar surface area (TPSA) is 20.2 Å². The van der Waals surface area contributed by atoms with Crippen LogP contribution in [0, 0.1) is 5.92 Å². The van der Waals surface area contributed by atoms with Crippen molar-refractivity contribution in [3.63, 3.8) is 0 Å². The van der Waals surface area contributed by atoms with Gasteiger partial charge in [0.15, 0.2) is 0 Å². The van der Waals surface area contributed by atoms with Gasteiger partial charge >= 0.3 is 0 Å². The Morgan fingerprint density at radius 1 is 1.25 bits per heavy atom. The third kappa shape index (κ3) is 1.28. The number of rotatable bonds is 1. The molecule has 1 nitrogen and oxygen atoms in total. The highest BCUT2D eigenvalue weighted by atomic mass is 16.3. The average Bonchev–Trinajstić information content (AvgIpc) is 2.78. The molecule has 1 N–H and O–H groups in total. The van der Waals surface area contributed by atoms with E-state index in [1.165, 1.54) is 29.6 Å². The van der Waals surface area contributed by atoms with Crippen LogP contribution in [0.3, 0.4) is 0 Å². The maximum atomic E-state index is 10.7. The molecule has 2 aliphatic carbocycles. The second-order valence-electron chi connectivity index (χ2n) is 5.19. The van der Waals surface area contributed by atoms with Crippen LogP contribution in [0.1, 0.15) is 38.2 Å². The molecule has 3 rings (SSSR count). The summed E-state index contributed by atoms with van der Waals surface area (Å²) >= 11 is 0. The van der Waals surface area contributed by atoms with Crippen molar-refractivity contribution in [2.75, 3.05) is 0 Å². The van der Waals surface area contributed by atoms with Crippen LogP contribution in [-0.4, -0.2) is 10.7 Å². The van der Waals surface area contributed by atoms with Gasteiger partial charge in [0, 0.05) is 0 Å². The smallest absolute Gasteiger partial charge is 0.0891 e. The van der Waals surface area contributed by atoms with Gasteiger partial charge in [-0.25, -0.2) is 0 Å². The van der Waals surface area contributed by atoms with Crippen molar-refractivity contribution in [1.29, 1.82) is 0 Å². The summed E-state index contributed by atoms with van der Waals surface area (Å²) in [7, 11) is 0. The Bertz CT molecular complexity index is 432. The number of aliphatic hydroxyl groups is 1. The second-order valence-corrected chi connectivity index (χ2v) is 5.19. The normalized spacial score (nSPS) is 33.2. The van der Waals surface area contributed by atoms with Crippen LogP contribution in [0.5, 0.6) is 0 Å². The summed E-state index contributed by atoms with van der Waals surface area (Å²) < 4.78 is 0. The summed E-state index contributed by atoms with van der Waals surface area (Å²) in [6, 6.07) is 10.5. The van der Waals surface area contributed by atoms with E-state index in [9.17, 15) is 5.11 Å². The minimum atomic E-state index is -0.481. The summed E-state index contributed by atoms with van der Waals surface area (Å²) in [6.07, 6.45) is 4.39. The molecule has 2 atom stereocenters. The maximum absolute atomic E-state index is 10.7. The van der Waals surface area contributed by atoms with Crippen molar-refractivity contribution in [3.8, 4) is 0 Å². The zero-order chi connectivity index (χ0) is 11.2. The molecule has 0 bridgehead atoms. The Morgan fingerprint density at radius 3 is 2.69 bits per heavy atom. The molecule has 0 spiro atoms. The zero-order valence-corrected chi connectivity index (χ0v) is 9.74. The van der Waals surface area contributed by atoms with E-state index in [1.54, 1.807) is 0 Å². The predicted molar refractivity (Wildman–Crippen MR) is 65.9 cm³/mol. The van der Waals surface area contributed by atoms with Crippen molar-refractivity contribution < 1.29 is 5.11 Å². The summed E-state index contributed by atoms with van der Waals surface area (Å²) in [4.78, 5) is 0. The van der Waals surface area contributed by atoms with Crippen LogP contribution in [0.2, 0.25) is 0 Å². The van der Waals surface area contributed by atoms with Gasteiger partial charge in [0.05, 0.1) is 5.60 Å². The molecule has 1 aromatic rings. The van der Waals surface area contributed by atoms with E-state index in [0.29, 0.717) is 5.92 Å².